The van der Waals surface area contributed by atoms with E-state index in [1.54, 1.807) is 12.1 Å². The largest absolute Gasteiger partial charge is 0.402 e. The molecule has 0 atom stereocenters. The highest BCUT2D eigenvalue weighted by atomic mass is 32.2. The summed E-state index contributed by atoms with van der Waals surface area (Å²) in [7, 11) is -4.27. The minimum absolute atomic E-state index is 0.0800. The van der Waals surface area contributed by atoms with Crippen LogP contribution in [0.2, 0.25) is 0 Å². The number of hydrogen-bond acceptors (Lipinski definition) is 13. The lowest BCUT2D eigenvalue weighted by Gasteiger charge is -2.14. The van der Waals surface area contributed by atoms with Gasteiger partial charge in [0.1, 0.15) is 22.7 Å². The van der Waals surface area contributed by atoms with E-state index in [0.29, 0.717) is 68.1 Å². The van der Waals surface area contributed by atoms with Gasteiger partial charge < -0.3 is 15.7 Å². The number of aromatic amines is 2. The van der Waals surface area contributed by atoms with Crippen LogP contribution in [0.5, 0.6) is 0 Å². The molecule has 0 saturated heterocycles. The van der Waals surface area contributed by atoms with Gasteiger partial charge in [-0.25, -0.2) is 24.8 Å². The molecule has 1 aliphatic rings. The Bertz CT molecular complexity index is 3230. The van der Waals surface area contributed by atoms with E-state index in [1.807, 2.05) is 79.7 Å². The Kier molecular flexibility index (Phi) is 15.5. The molecular formula is C45H49N9O10S2. The molecule has 4 heterocycles. The van der Waals surface area contributed by atoms with E-state index in [0.717, 1.165) is 51.8 Å². The van der Waals surface area contributed by atoms with Gasteiger partial charge >= 0.3 is 11.4 Å². The Morgan fingerprint density at radius 1 is 0.682 bits per heavy atom. The van der Waals surface area contributed by atoms with E-state index in [4.69, 9.17) is 15.5 Å². The third-order valence-corrected chi connectivity index (χ3v) is 12.3. The first-order valence-electron chi connectivity index (χ1n) is 21.2. The Balaban J connectivity index is 0.000000196. The van der Waals surface area contributed by atoms with Crippen molar-refractivity contribution < 1.29 is 27.6 Å². The number of aryl methyl sites for hydroxylation is 3. The van der Waals surface area contributed by atoms with Crippen LogP contribution >= 0.6 is 12.0 Å². The maximum Gasteiger partial charge on any atom is 0.332 e. The summed E-state index contributed by atoms with van der Waals surface area (Å²) >= 11 is 0.787. The molecule has 0 saturated carbocycles. The summed E-state index contributed by atoms with van der Waals surface area (Å²) < 4.78 is 41.4. The molecule has 21 heteroatoms. The summed E-state index contributed by atoms with van der Waals surface area (Å²) in [5.74, 6) is 1.42. The molecule has 3 aromatic carbocycles. The van der Waals surface area contributed by atoms with Crippen molar-refractivity contribution in [3.8, 4) is 0 Å². The number of benzene rings is 3. The van der Waals surface area contributed by atoms with Crippen molar-refractivity contribution >= 4 is 44.5 Å². The van der Waals surface area contributed by atoms with Crippen LogP contribution in [0.25, 0.3) is 22.3 Å². The first kappa shape index (κ1) is 47.3. The van der Waals surface area contributed by atoms with Crippen molar-refractivity contribution in [2.24, 2.45) is 5.73 Å². The average molecular weight is 940 g/mol. The number of rotatable bonds is 18. The molecule has 0 bridgehead atoms. The molecule has 1 aliphatic carbocycles. The highest BCUT2D eigenvalue weighted by Gasteiger charge is 2.20. The number of H-pyrrole nitrogens is 2. The van der Waals surface area contributed by atoms with Gasteiger partial charge in [-0.2, -0.15) is 8.42 Å². The van der Waals surface area contributed by atoms with Gasteiger partial charge in [0.05, 0.1) is 4.90 Å². The monoisotopic (exact) mass is 939 g/mol. The minimum Gasteiger partial charge on any atom is -0.402 e. The van der Waals surface area contributed by atoms with Crippen LogP contribution in [0.3, 0.4) is 0 Å². The van der Waals surface area contributed by atoms with E-state index in [9.17, 15) is 27.6 Å². The maximum absolute atomic E-state index is 13.2. The van der Waals surface area contributed by atoms with Crippen LogP contribution in [0.4, 0.5) is 0 Å². The maximum atomic E-state index is 13.2. The number of imidazole rings is 2. The lowest BCUT2D eigenvalue weighted by atomic mass is 10.0. The number of nitrogens with two attached hydrogens (primary N) is 1. The summed E-state index contributed by atoms with van der Waals surface area (Å²) in [6.07, 6.45) is 8.21. The van der Waals surface area contributed by atoms with Gasteiger partial charge in [0, 0.05) is 62.5 Å². The van der Waals surface area contributed by atoms with Crippen molar-refractivity contribution in [1.82, 2.24) is 38.2 Å². The smallest absolute Gasteiger partial charge is 0.332 e. The van der Waals surface area contributed by atoms with Crippen LogP contribution in [-0.4, -0.2) is 62.2 Å². The molecule has 6 N–H and O–H groups in total. The number of hydrogen-bond donors (Lipinski definition) is 5. The molecule has 19 nitrogen and oxygen atoms in total. The topological polar surface area (TPSA) is 264 Å². The predicted molar refractivity (Wildman–Crippen MR) is 249 cm³/mol. The van der Waals surface area contributed by atoms with Gasteiger partial charge in [0.15, 0.2) is 11.3 Å². The normalized spacial score (nSPS) is 12.8. The van der Waals surface area contributed by atoms with Gasteiger partial charge in [-0.15, -0.1) is 4.33 Å². The van der Waals surface area contributed by atoms with Gasteiger partial charge in [0.2, 0.25) is 0 Å². The molecule has 0 unspecified atom stereocenters. The fourth-order valence-electron chi connectivity index (χ4n) is 7.61. The Morgan fingerprint density at radius 3 is 1.70 bits per heavy atom. The Morgan fingerprint density at radius 2 is 1.21 bits per heavy atom. The van der Waals surface area contributed by atoms with Gasteiger partial charge in [-0.05, 0) is 67.0 Å². The zero-order chi connectivity index (χ0) is 46.8. The van der Waals surface area contributed by atoms with Crippen LogP contribution in [0.15, 0.2) is 132 Å². The first-order valence-corrected chi connectivity index (χ1v) is 23.5. The molecular weight excluding hydrogens is 891 g/mol. The van der Waals surface area contributed by atoms with Gasteiger partial charge in [-0.3, -0.25) is 32.4 Å². The fraction of sp³-hybridized carbons (Fsp3) is 0.289. The third-order valence-electron chi connectivity index (χ3n) is 10.9. The second-order valence-electron chi connectivity index (χ2n) is 15.5. The van der Waals surface area contributed by atoms with E-state index in [2.05, 4.69) is 29.3 Å². The number of allylic oxidation sites excluding steroid dienone is 4. The second-order valence-corrected chi connectivity index (χ2v) is 17.7. The summed E-state index contributed by atoms with van der Waals surface area (Å²) in [5.41, 5.74) is 10.2. The third kappa shape index (κ3) is 11.4. The lowest BCUT2D eigenvalue weighted by molar-refractivity contribution is -0.432. The van der Waals surface area contributed by atoms with Crippen LogP contribution in [0.1, 0.15) is 60.9 Å². The molecule has 0 fully saturated rings. The SMILES string of the molecule is CCCn1c(=O)c2[nH]c(Cc3ccccc3)nc2n(CCc2ccc(S(=O)(=O)O)cc2)c1=O.NC1=CC=C(CCn2c(=O)n(CCSOOO)c(=O)c3[nH]c(Cc4ccccc4)nc32)CC1. The zero-order valence-corrected chi connectivity index (χ0v) is 37.6. The molecule has 8 rings (SSSR count). The van der Waals surface area contributed by atoms with Crippen molar-refractivity contribution in [2.45, 2.75) is 82.9 Å². The van der Waals surface area contributed by atoms with Crippen LogP contribution in [0, 0.1) is 0 Å². The van der Waals surface area contributed by atoms with Crippen LogP contribution < -0.4 is 28.2 Å². The molecule has 0 aliphatic heterocycles. The zero-order valence-electron chi connectivity index (χ0n) is 36.0. The van der Waals surface area contributed by atoms with E-state index in [1.165, 1.54) is 31.4 Å². The summed E-state index contributed by atoms with van der Waals surface area (Å²) in [5, 5.41) is 11.8. The summed E-state index contributed by atoms with van der Waals surface area (Å²) in [4.78, 5) is 67.6. The molecule has 66 heavy (non-hydrogen) atoms. The second kappa shape index (κ2) is 21.6. The Hall–Kier alpha value is -6.62. The first-order chi connectivity index (χ1) is 31.8. The Labute approximate surface area is 381 Å². The molecule has 0 amide bonds. The van der Waals surface area contributed by atoms with Crippen LogP contribution in [-0.2, 0) is 64.9 Å². The van der Waals surface area contributed by atoms with Crippen molar-refractivity contribution in [2.75, 3.05) is 5.75 Å². The fourth-order valence-corrected chi connectivity index (χ4v) is 8.46. The number of fused-ring (bicyclic) bond motifs is 2. The number of nitrogens with zero attached hydrogens (tertiary/aromatic N) is 6. The van der Waals surface area contributed by atoms with Gasteiger partial charge in [-0.1, -0.05) is 96.4 Å². The van der Waals surface area contributed by atoms with Crippen molar-refractivity contribution in [1.29, 1.82) is 0 Å². The van der Waals surface area contributed by atoms with Crippen molar-refractivity contribution in [3.05, 3.63) is 178 Å². The minimum atomic E-state index is -4.27. The highest BCUT2D eigenvalue weighted by Crippen LogP contribution is 2.20. The molecule has 7 aromatic rings. The van der Waals surface area contributed by atoms with Gasteiger partial charge in [0.25, 0.3) is 21.2 Å². The van der Waals surface area contributed by atoms with E-state index < -0.39 is 32.6 Å². The van der Waals surface area contributed by atoms with E-state index in [-0.39, 0.29) is 34.8 Å². The van der Waals surface area contributed by atoms with E-state index >= 15 is 0 Å². The number of nitrogens with one attached hydrogen (secondary N) is 2. The lowest BCUT2D eigenvalue weighted by Crippen LogP contribution is -2.40. The highest BCUT2D eigenvalue weighted by molar-refractivity contribution is 7.94. The molecule has 0 spiro atoms. The molecule has 4 aromatic heterocycles. The predicted octanol–water partition coefficient (Wildman–Crippen LogP) is 4.88. The van der Waals surface area contributed by atoms with Crippen molar-refractivity contribution in [3.63, 3.8) is 0 Å². The quantitative estimate of drug-likeness (QED) is 0.0253. The molecule has 346 valence electrons. The molecule has 0 radical (unpaired) electrons. The average Bonchev–Trinajstić information content (AvgIpc) is 3.93. The summed E-state index contributed by atoms with van der Waals surface area (Å²) in [6, 6.07) is 25.3. The summed E-state index contributed by atoms with van der Waals surface area (Å²) in [6.45, 7) is 2.90. The number of aromatic nitrogens is 8. The standard InChI is InChI=1S/C23H24N4O5S.C22H25N5O5S/c1-2-13-27-22(28)20-21(25-19(24-20)15-17-6-4-3-5-7-17)26(23(27)29)14-12-16-8-10-18(11-9-16)33(30,31)32;23-17-8-6-15(7-9-17)10-11-26-20-19(21(28)27(22(26)29)12-13-33-32-31-30)24-18(25-20)14-16-4-2-1-3-5-16/h3-11H,2,12-15H2,1H3,(H,24,25)(H,30,31,32);1-6,8,30H,7,9-14,23H2,(H,24,25).